The van der Waals surface area contributed by atoms with E-state index in [4.69, 9.17) is 32.7 Å². The van der Waals surface area contributed by atoms with Gasteiger partial charge in [-0.25, -0.2) is 4.98 Å². The number of hydrogen-bond acceptors (Lipinski definition) is 6. The highest BCUT2D eigenvalue weighted by Crippen LogP contribution is 2.31. The summed E-state index contributed by atoms with van der Waals surface area (Å²) in [4.78, 5) is 21.7. The molecular weight excluding hydrogens is 481 g/mol. The van der Waals surface area contributed by atoms with E-state index in [-0.39, 0.29) is 24.9 Å². The van der Waals surface area contributed by atoms with Crippen molar-refractivity contribution in [1.29, 1.82) is 0 Å². The molecule has 1 aliphatic rings. The van der Waals surface area contributed by atoms with E-state index in [0.717, 1.165) is 29.9 Å². The van der Waals surface area contributed by atoms with E-state index in [1.165, 1.54) is 11.3 Å². The van der Waals surface area contributed by atoms with Crippen molar-refractivity contribution in [2.45, 2.75) is 0 Å². The van der Waals surface area contributed by atoms with Gasteiger partial charge in [0.25, 0.3) is 5.91 Å². The molecule has 0 unspecified atom stereocenters. The van der Waals surface area contributed by atoms with Crippen molar-refractivity contribution in [1.82, 2.24) is 9.88 Å². The Balaban J connectivity index is 0.00000272. The van der Waals surface area contributed by atoms with Crippen molar-refractivity contribution >= 4 is 68.2 Å². The highest BCUT2D eigenvalue weighted by molar-refractivity contribution is 7.22. The first-order valence-corrected chi connectivity index (χ1v) is 11.2. The van der Waals surface area contributed by atoms with Gasteiger partial charge in [0.15, 0.2) is 11.7 Å². The average Bonchev–Trinajstić information content (AvgIpc) is 3.17. The zero-order valence-electron chi connectivity index (χ0n) is 16.6. The fourth-order valence-corrected chi connectivity index (χ4v) is 4.56. The van der Waals surface area contributed by atoms with Gasteiger partial charge in [-0.2, -0.15) is 0 Å². The Kier molecular flexibility index (Phi) is 8.77. The van der Waals surface area contributed by atoms with Crippen LogP contribution >= 0.6 is 46.9 Å². The molecule has 0 atom stereocenters. The van der Waals surface area contributed by atoms with Gasteiger partial charge in [0.2, 0.25) is 0 Å². The minimum atomic E-state index is -0.150. The number of benzene rings is 2. The van der Waals surface area contributed by atoms with Crippen LogP contribution in [0, 0.1) is 0 Å². The largest absolute Gasteiger partial charge is 0.484 e. The summed E-state index contributed by atoms with van der Waals surface area (Å²) in [7, 11) is 0. The molecule has 1 amide bonds. The third-order valence-electron chi connectivity index (χ3n) is 4.79. The number of rotatable bonds is 7. The van der Waals surface area contributed by atoms with E-state index in [1.54, 1.807) is 35.2 Å². The number of hydrogen-bond donors (Lipinski definition) is 0. The summed E-state index contributed by atoms with van der Waals surface area (Å²) in [6, 6.07) is 12.5. The molecule has 1 aromatic heterocycles. The third kappa shape index (κ3) is 6.44. The number of nitrogens with zero attached hydrogens (tertiary/aromatic N) is 3. The Morgan fingerprint density at radius 3 is 2.58 bits per heavy atom. The number of aromatic nitrogens is 1. The summed E-state index contributed by atoms with van der Waals surface area (Å²) in [6.45, 7) is 4.34. The molecule has 1 saturated heterocycles. The summed E-state index contributed by atoms with van der Waals surface area (Å²) in [5.74, 6) is 0.445. The van der Waals surface area contributed by atoms with Gasteiger partial charge in [-0.1, -0.05) is 34.5 Å². The molecule has 0 aliphatic carbocycles. The second kappa shape index (κ2) is 11.3. The van der Waals surface area contributed by atoms with Crippen LogP contribution in [0.4, 0.5) is 5.13 Å². The number of amides is 1. The number of halogens is 3. The van der Waals surface area contributed by atoms with Crippen molar-refractivity contribution in [2.75, 3.05) is 50.9 Å². The van der Waals surface area contributed by atoms with Crippen LogP contribution in [0.2, 0.25) is 10.0 Å². The molecule has 3 aromatic rings. The maximum atomic E-state index is 13.1. The van der Waals surface area contributed by atoms with Gasteiger partial charge in [0.05, 0.1) is 23.4 Å². The van der Waals surface area contributed by atoms with Gasteiger partial charge < -0.3 is 9.47 Å². The SMILES string of the molecule is Cl.O=C(COc1ccc(Cl)cc1)N(CCN1CCOCC1)c1nc2ccc(Cl)cc2s1. The fraction of sp³-hybridized carbons (Fsp3) is 0.333. The lowest BCUT2D eigenvalue weighted by Crippen LogP contribution is -2.44. The van der Waals surface area contributed by atoms with E-state index in [0.29, 0.717) is 40.7 Å². The highest BCUT2D eigenvalue weighted by Gasteiger charge is 2.22. The van der Waals surface area contributed by atoms with E-state index in [2.05, 4.69) is 9.88 Å². The number of ether oxygens (including phenoxy) is 2. The van der Waals surface area contributed by atoms with E-state index < -0.39 is 0 Å². The van der Waals surface area contributed by atoms with E-state index in [1.807, 2.05) is 12.1 Å². The second-order valence-electron chi connectivity index (χ2n) is 6.85. The molecular formula is C21H22Cl3N3O3S. The molecule has 0 bridgehead atoms. The third-order valence-corrected chi connectivity index (χ3v) is 6.32. The molecule has 1 fully saturated rings. The Morgan fingerprint density at radius 2 is 1.84 bits per heavy atom. The Bertz CT molecular complexity index is 1010. The van der Waals surface area contributed by atoms with Gasteiger partial charge in [-0.15, -0.1) is 12.4 Å². The Labute approximate surface area is 201 Å². The van der Waals surface area contributed by atoms with Gasteiger partial charge >= 0.3 is 0 Å². The van der Waals surface area contributed by atoms with Crippen molar-refractivity contribution in [2.24, 2.45) is 0 Å². The fourth-order valence-electron chi connectivity index (χ4n) is 3.15. The number of fused-ring (bicyclic) bond motifs is 1. The quantitative estimate of drug-likeness (QED) is 0.466. The van der Waals surface area contributed by atoms with Crippen molar-refractivity contribution in [3.05, 3.63) is 52.5 Å². The molecule has 2 heterocycles. The molecule has 166 valence electrons. The van der Waals surface area contributed by atoms with Gasteiger partial charge in [0.1, 0.15) is 5.75 Å². The zero-order valence-corrected chi connectivity index (χ0v) is 19.8. The molecule has 31 heavy (non-hydrogen) atoms. The predicted molar refractivity (Wildman–Crippen MR) is 128 cm³/mol. The lowest BCUT2D eigenvalue weighted by Gasteiger charge is -2.29. The first kappa shape index (κ1) is 24.0. The van der Waals surface area contributed by atoms with Crippen molar-refractivity contribution in [3.8, 4) is 5.75 Å². The highest BCUT2D eigenvalue weighted by atomic mass is 35.5. The van der Waals surface area contributed by atoms with Gasteiger partial charge in [-0.05, 0) is 42.5 Å². The summed E-state index contributed by atoms with van der Waals surface area (Å²) >= 11 is 13.5. The Hall–Kier alpha value is -1.61. The lowest BCUT2D eigenvalue weighted by atomic mass is 10.3. The van der Waals surface area contributed by atoms with Crippen LogP contribution < -0.4 is 9.64 Å². The maximum absolute atomic E-state index is 13.1. The predicted octanol–water partition coefficient (Wildman–Crippen LogP) is 4.77. The molecule has 6 nitrogen and oxygen atoms in total. The van der Waals surface area contributed by atoms with Crippen LogP contribution in [0.3, 0.4) is 0 Å². The topological polar surface area (TPSA) is 54.9 Å². The second-order valence-corrected chi connectivity index (χ2v) is 8.73. The van der Waals surface area contributed by atoms with Crippen LogP contribution in [-0.4, -0.2) is 61.8 Å². The van der Waals surface area contributed by atoms with E-state index >= 15 is 0 Å². The monoisotopic (exact) mass is 501 g/mol. The molecule has 0 spiro atoms. The number of anilines is 1. The zero-order chi connectivity index (χ0) is 20.9. The lowest BCUT2D eigenvalue weighted by molar-refractivity contribution is -0.120. The van der Waals surface area contributed by atoms with E-state index in [9.17, 15) is 4.79 Å². The molecule has 0 radical (unpaired) electrons. The molecule has 4 rings (SSSR count). The van der Waals surface area contributed by atoms with Crippen molar-refractivity contribution < 1.29 is 14.3 Å². The summed E-state index contributed by atoms with van der Waals surface area (Å²) in [6.07, 6.45) is 0. The summed E-state index contributed by atoms with van der Waals surface area (Å²) in [5, 5.41) is 1.91. The normalized spacial score (nSPS) is 14.3. The first-order valence-electron chi connectivity index (χ1n) is 9.63. The smallest absolute Gasteiger partial charge is 0.266 e. The summed E-state index contributed by atoms with van der Waals surface area (Å²) < 4.78 is 12.0. The number of carbonyl (C=O) groups is 1. The number of morpholine rings is 1. The molecule has 1 aliphatic heterocycles. The van der Waals surface area contributed by atoms with Crippen molar-refractivity contribution in [3.63, 3.8) is 0 Å². The minimum Gasteiger partial charge on any atom is -0.484 e. The van der Waals surface area contributed by atoms with Crippen LogP contribution in [0.1, 0.15) is 0 Å². The van der Waals surface area contributed by atoms with Gasteiger partial charge in [-0.3, -0.25) is 14.6 Å². The number of thiazole rings is 1. The van der Waals surface area contributed by atoms with Crippen LogP contribution in [0.15, 0.2) is 42.5 Å². The Morgan fingerprint density at radius 1 is 1.13 bits per heavy atom. The average molecular weight is 503 g/mol. The van der Waals surface area contributed by atoms with Crippen LogP contribution in [0.5, 0.6) is 5.75 Å². The van der Waals surface area contributed by atoms with Crippen LogP contribution in [0.25, 0.3) is 10.2 Å². The standard InChI is InChI=1S/C21H21Cl2N3O3S.ClH/c22-15-1-4-17(5-2-15)29-14-20(27)26(8-7-25-9-11-28-12-10-25)21-24-18-6-3-16(23)13-19(18)30-21;/h1-6,13H,7-12,14H2;1H. The molecule has 0 N–H and O–H groups in total. The summed E-state index contributed by atoms with van der Waals surface area (Å²) in [5.41, 5.74) is 0.821. The number of carbonyl (C=O) groups excluding carboxylic acids is 1. The maximum Gasteiger partial charge on any atom is 0.266 e. The minimum absolute atomic E-state index is 0. The van der Waals surface area contributed by atoms with Crippen LogP contribution in [-0.2, 0) is 9.53 Å². The molecule has 0 saturated carbocycles. The molecule has 10 heteroatoms. The van der Waals surface area contributed by atoms with Gasteiger partial charge in [0, 0.05) is 36.2 Å². The first-order chi connectivity index (χ1) is 14.6. The molecule has 2 aromatic carbocycles.